The summed E-state index contributed by atoms with van der Waals surface area (Å²) < 4.78 is 26.9. The third-order valence-electron chi connectivity index (χ3n) is 5.09. The number of sulfonamides is 1. The van der Waals surface area contributed by atoms with Crippen molar-refractivity contribution in [3.05, 3.63) is 60.0 Å². The van der Waals surface area contributed by atoms with E-state index in [9.17, 15) is 13.2 Å². The number of aromatic nitrogens is 2. The average molecular weight is 414 g/mol. The molecular weight excluding hydrogens is 390 g/mol. The van der Waals surface area contributed by atoms with Gasteiger partial charge in [0.2, 0.25) is 10.0 Å². The lowest BCUT2D eigenvalue weighted by molar-refractivity contribution is 0.102. The first-order valence-corrected chi connectivity index (χ1v) is 11.2. The van der Waals surface area contributed by atoms with Crippen molar-refractivity contribution in [3.63, 3.8) is 0 Å². The number of piperazine rings is 1. The lowest BCUT2D eigenvalue weighted by atomic mass is 10.2. The topological polar surface area (TPSA) is 87.0 Å². The first-order chi connectivity index (χ1) is 13.8. The molecule has 8 nitrogen and oxygen atoms in total. The van der Waals surface area contributed by atoms with Crippen molar-refractivity contribution in [2.24, 2.45) is 0 Å². The van der Waals surface area contributed by atoms with E-state index >= 15 is 0 Å². The van der Waals surface area contributed by atoms with Gasteiger partial charge in [-0.1, -0.05) is 0 Å². The smallest absolute Gasteiger partial charge is 0.257 e. The number of hydrogen-bond donors (Lipinski definition) is 1. The molecule has 0 aromatic carbocycles. The van der Waals surface area contributed by atoms with Crippen LogP contribution in [0.4, 0.5) is 11.5 Å². The molecule has 0 atom stereocenters. The van der Waals surface area contributed by atoms with Gasteiger partial charge in [0.05, 0.1) is 23.7 Å². The average Bonchev–Trinajstić information content (AvgIpc) is 3.12. The normalized spacial score (nSPS) is 15.6. The Morgan fingerprint density at radius 2 is 1.76 bits per heavy atom. The Bertz CT molecular complexity index is 1150. The molecule has 4 rings (SSSR count). The van der Waals surface area contributed by atoms with E-state index in [4.69, 9.17) is 0 Å². The number of carbonyl (C=O) groups excluding carboxylic acids is 1. The molecule has 152 valence electrons. The van der Waals surface area contributed by atoms with Gasteiger partial charge in [0, 0.05) is 43.6 Å². The summed E-state index contributed by atoms with van der Waals surface area (Å²) in [7, 11) is -3.17. The molecule has 0 spiro atoms. The second-order valence-electron chi connectivity index (χ2n) is 7.20. The van der Waals surface area contributed by atoms with Crippen LogP contribution in [-0.4, -0.2) is 60.4 Å². The fourth-order valence-electron chi connectivity index (χ4n) is 3.47. The summed E-state index contributed by atoms with van der Waals surface area (Å²) in [6.07, 6.45) is 4.68. The molecule has 1 amide bonds. The van der Waals surface area contributed by atoms with Crippen molar-refractivity contribution in [2.45, 2.75) is 6.92 Å². The van der Waals surface area contributed by atoms with E-state index < -0.39 is 10.0 Å². The number of aryl methyl sites for hydroxylation is 1. The van der Waals surface area contributed by atoms with E-state index in [0.29, 0.717) is 37.4 Å². The van der Waals surface area contributed by atoms with Crippen LogP contribution in [0.5, 0.6) is 0 Å². The van der Waals surface area contributed by atoms with Crippen molar-refractivity contribution in [1.29, 1.82) is 0 Å². The molecule has 3 aromatic heterocycles. The summed E-state index contributed by atoms with van der Waals surface area (Å²) in [6.45, 7) is 4.00. The predicted octanol–water partition coefficient (Wildman–Crippen LogP) is 1.98. The largest absolute Gasteiger partial charge is 0.355 e. The SMILES string of the molecule is Cc1ccc(NC(=O)c2ccc3ccc(N4CCN(S(C)(=O)=O)CC4)n3c2)cn1. The van der Waals surface area contributed by atoms with E-state index in [1.54, 1.807) is 12.3 Å². The Labute approximate surface area is 169 Å². The first-order valence-electron chi connectivity index (χ1n) is 9.36. The van der Waals surface area contributed by atoms with Gasteiger partial charge in [-0.05, 0) is 43.3 Å². The number of anilines is 2. The fraction of sp³-hybridized carbons (Fsp3) is 0.300. The van der Waals surface area contributed by atoms with Crippen LogP contribution >= 0.6 is 0 Å². The lowest BCUT2D eigenvalue weighted by Crippen LogP contribution is -2.48. The highest BCUT2D eigenvalue weighted by molar-refractivity contribution is 7.88. The maximum atomic E-state index is 12.7. The second-order valence-corrected chi connectivity index (χ2v) is 9.18. The quantitative estimate of drug-likeness (QED) is 0.707. The van der Waals surface area contributed by atoms with Crippen molar-refractivity contribution >= 4 is 33.0 Å². The van der Waals surface area contributed by atoms with Crippen LogP contribution in [0.15, 0.2) is 48.8 Å². The Morgan fingerprint density at radius 1 is 1.03 bits per heavy atom. The third kappa shape index (κ3) is 4.10. The third-order valence-corrected chi connectivity index (χ3v) is 6.40. The van der Waals surface area contributed by atoms with Crippen molar-refractivity contribution in [2.75, 3.05) is 42.7 Å². The number of nitrogens with one attached hydrogen (secondary N) is 1. The monoisotopic (exact) mass is 413 g/mol. The van der Waals surface area contributed by atoms with Gasteiger partial charge in [0.25, 0.3) is 5.91 Å². The van der Waals surface area contributed by atoms with E-state index in [0.717, 1.165) is 17.0 Å². The Hall–Kier alpha value is -2.91. The predicted molar refractivity (Wildman–Crippen MR) is 113 cm³/mol. The second kappa shape index (κ2) is 7.49. The number of carbonyl (C=O) groups is 1. The highest BCUT2D eigenvalue weighted by atomic mass is 32.2. The molecule has 1 aliphatic heterocycles. The molecule has 9 heteroatoms. The molecule has 0 unspecified atom stereocenters. The zero-order chi connectivity index (χ0) is 20.6. The molecule has 0 saturated carbocycles. The van der Waals surface area contributed by atoms with Crippen LogP contribution in [0.1, 0.15) is 16.1 Å². The summed E-state index contributed by atoms with van der Waals surface area (Å²) >= 11 is 0. The molecule has 1 N–H and O–H groups in total. The number of amides is 1. The van der Waals surface area contributed by atoms with Gasteiger partial charge in [-0.15, -0.1) is 0 Å². The van der Waals surface area contributed by atoms with Gasteiger partial charge in [-0.2, -0.15) is 4.31 Å². The Balaban J connectivity index is 1.55. The molecule has 0 aliphatic carbocycles. The molecule has 1 aliphatic rings. The van der Waals surface area contributed by atoms with Gasteiger partial charge in [0.1, 0.15) is 5.82 Å². The molecule has 1 fully saturated rings. The number of hydrogen-bond acceptors (Lipinski definition) is 5. The highest BCUT2D eigenvalue weighted by Gasteiger charge is 2.24. The molecule has 0 bridgehead atoms. The van der Waals surface area contributed by atoms with Crippen LogP contribution < -0.4 is 10.2 Å². The van der Waals surface area contributed by atoms with E-state index in [1.807, 2.05) is 47.9 Å². The standard InChI is InChI=1S/C20H23N5O3S/c1-15-3-5-17(13-21-15)22-20(26)16-4-6-18-7-8-19(25(18)14-16)23-9-11-24(12-10-23)29(2,27)28/h3-8,13-14H,9-12H2,1-2H3,(H,22,26). The van der Waals surface area contributed by atoms with Crippen molar-refractivity contribution in [1.82, 2.24) is 13.7 Å². The van der Waals surface area contributed by atoms with Crippen LogP contribution in [0, 0.1) is 6.92 Å². The van der Waals surface area contributed by atoms with Gasteiger partial charge in [0.15, 0.2) is 0 Å². The first kappa shape index (κ1) is 19.4. The summed E-state index contributed by atoms with van der Waals surface area (Å²) in [4.78, 5) is 19.0. The summed E-state index contributed by atoms with van der Waals surface area (Å²) in [5.74, 6) is 0.735. The number of fused-ring (bicyclic) bond motifs is 1. The lowest BCUT2D eigenvalue weighted by Gasteiger charge is -2.34. The number of rotatable bonds is 4. The Kier molecular flexibility index (Phi) is 5.01. The maximum Gasteiger partial charge on any atom is 0.257 e. The minimum absolute atomic E-state index is 0.209. The van der Waals surface area contributed by atoms with Gasteiger partial charge in [-0.3, -0.25) is 9.78 Å². The summed E-state index contributed by atoms with van der Waals surface area (Å²) in [5.41, 5.74) is 3.03. The van der Waals surface area contributed by atoms with E-state index in [1.165, 1.54) is 10.6 Å². The summed E-state index contributed by atoms with van der Waals surface area (Å²) in [5, 5.41) is 2.86. The molecule has 4 heterocycles. The van der Waals surface area contributed by atoms with E-state index in [2.05, 4.69) is 15.2 Å². The van der Waals surface area contributed by atoms with Crippen LogP contribution in [0.2, 0.25) is 0 Å². The summed E-state index contributed by atoms with van der Waals surface area (Å²) in [6, 6.07) is 11.3. The van der Waals surface area contributed by atoms with Crippen molar-refractivity contribution < 1.29 is 13.2 Å². The van der Waals surface area contributed by atoms with Crippen molar-refractivity contribution in [3.8, 4) is 0 Å². The van der Waals surface area contributed by atoms with Crippen LogP contribution in [0.3, 0.4) is 0 Å². The fourth-order valence-corrected chi connectivity index (χ4v) is 4.30. The minimum atomic E-state index is -3.17. The molecule has 29 heavy (non-hydrogen) atoms. The number of nitrogens with zero attached hydrogens (tertiary/aromatic N) is 4. The molecular formula is C20H23N5O3S. The minimum Gasteiger partial charge on any atom is -0.355 e. The molecule has 1 saturated heterocycles. The van der Waals surface area contributed by atoms with Gasteiger partial charge in [-0.25, -0.2) is 8.42 Å². The zero-order valence-corrected chi connectivity index (χ0v) is 17.2. The number of pyridine rings is 2. The molecule has 3 aromatic rings. The maximum absolute atomic E-state index is 12.7. The molecule has 0 radical (unpaired) electrons. The Morgan fingerprint density at radius 3 is 2.41 bits per heavy atom. The van der Waals surface area contributed by atoms with Crippen LogP contribution in [-0.2, 0) is 10.0 Å². The highest BCUT2D eigenvalue weighted by Crippen LogP contribution is 2.22. The van der Waals surface area contributed by atoms with Gasteiger partial charge < -0.3 is 14.6 Å². The van der Waals surface area contributed by atoms with Crippen LogP contribution in [0.25, 0.3) is 5.52 Å². The van der Waals surface area contributed by atoms with Gasteiger partial charge >= 0.3 is 0 Å². The van der Waals surface area contributed by atoms with E-state index in [-0.39, 0.29) is 5.91 Å². The zero-order valence-electron chi connectivity index (χ0n) is 16.4.